The van der Waals surface area contributed by atoms with E-state index < -0.39 is 0 Å². The van der Waals surface area contributed by atoms with Crippen LogP contribution in [0.1, 0.15) is 29.3 Å². The maximum absolute atomic E-state index is 12.1. The van der Waals surface area contributed by atoms with Crippen LogP contribution >= 0.6 is 12.4 Å². The van der Waals surface area contributed by atoms with E-state index in [0.717, 1.165) is 25.1 Å². The molecule has 0 bridgehead atoms. The summed E-state index contributed by atoms with van der Waals surface area (Å²) >= 11 is 0. The fraction of sp³-hybridized carbons (Fsp3) is 0.467. The Kier molecular flexibility index (Phi) is 7.19. The molecule has 6 heteroatoms. The average molecular weight is 312 g/mol. The number of halogens is 1. The summed E-state index contributed by atoms with van der Waals surface area (Å²) in [5.74, 6) is -0.163. The molecule has 0 saturated heterocycles. The number of hydrogen-bond acceptors (Lipinski definition) is 3. The molecule has 0 atom stereocenters. The molecule has 0 unspecified atom stereocenters. The van der Waals surface area contributed by atoms with Crippen LogP contribution in [-0.2, 0) is 11.3 Å². The van der Waals surface area contributed by atoms with E-state index >= 15 is 0 Å². The average Bonchev–Trinajstić information content (AvgIpc) is 2.76. The number of rotatable bonds is 7. The van der Waals surface area contributed by atoms with Gasteiger partial charge in [0.25, 0.3) is 5.91 Å². The van der Waals surface area contributed by atoms with Crippen molar-refractivity contribution < 1.29 is 9.59 Å². The molecule has 0 saturated carbocycles. The Balaban J connectivity index is 0.00000220. The SMILES string of the molecule is CCCNCCNC(=O)CN1Cc2ccccc2C1=O.Cl. The Bertz CT molecular complexity index is 494. The molecule has 2 N–H and O–H groups in total. The van der Waals surface area contributed by atoms with Crippen LogP contribution in [0.25, 0.3) is 0 Å². The van der Waals surface area contributed by atoms with Gasteiger partial charge in [-0.25, -0.2) is 0 Å². The highest BCUT2D eigenvalue weighted by atomic mass is 35.5. The fourth-order valence-electron chi connectivity index (χ4n) is 2.26. The van der Waals surface area contributed by atoms with Crippen molar-refractivity contribution in [2.75, 3.05) is 26.2 Å². The minimum Gasteiger partial charge on any atom is -0.353 e. The van der Waals surface area contributed by atoms with Crippen molar-refractivity contribution in [1.29, 1.82) is 0 Å². The van der Waals surface area contributed by atoms with Gasteiger partial charge in [-0.2, -0.15) is 0 Å². The number of amides is 2. The van der Waals surface area contributed by atoms with Crippen LogP contribution in [0, 0.1) is 0 Å². The van der Waals surface area contributed by atoms with Gasteiger partial charge in [0.2, 0.25) is 5.91 Å². The van der Waals surface area contributed by atoms with Gasteiger partial charge in [0.05, 0.1) is 0 Å². The van der Waals surface area contributed by atoms with Crippen molar-refractivity contribution in [3.63, 3.8) is 0 Å². The molecule has 1 aromatic rings. The Morgan fingerprint density at radius 2 is 2.00 bits per heavy atom. The highest BCUT2D eigenvalue weighted by Crippen LogP contribution is 2.21. The molecule has 1 aliphatic heterocycles. The van der Waals surface area contributed by atoms with Gasteiger partial charge in [-0.3, -0.25) is 9.59 Å². The van der Waals surface area contributed by atoms with E-state index in [1.54, 1.807) is 4.90 Å². The van der Waals surface area contributed by atoms with E-state index in [4.69, 9.17) is 0 Å². The molecule has 5 nitrogen and oxygen atoms in total. The molecule has 2 rings (SSSR count). The Morgan fingerprint density at radius 3 is 2.71 bits per heavy atom. The van der Waals surface area contributed by atoms with E-state index in [-0.39, 0.29) is 30.8 Å². The molecule has 0 radical (unpaired) electrons. The second-order valence-electron chi connectivity index (χ2n) is 4.92. The van der Waals surface area contributed by atoms with E-state index in [9.17, 15) is 9.59 Å². The quantitative estimate of drug-likeness (QED) is 0.743. The maximum Gasteiger partial charge on any atom is 0.254 e. The monoisotopic (exact) mass is 311 g/mol. The Morgan fingerprint density at radius 1 is 1.24 bits per heavy atom. The van der Waals surface area contributed by atoms with E-state index in [2.05, 4.69) is 17.6 Å². The van der Waals surface area contributed by atoms with Crippen molar-refractivity contribution in [1.82, 2.24) is 15.5 Å². The number of fused-ring (bicyclic) bond motifs is 1. The van der Waals surface area contributed by atoms with Crippen LogP contribution in [0.15, 0.2) is 24.3 Å². The lowest BCUT2D eigenvalue weighted by molar-refractivity contribution is -0.121. The summed E-state index contributed by atoms with van der Waals surface area (Å²) < 4.78 is 0. The molecule has 0 fully saturated rings. The van der Waals surface area contributed by atoms with Crippen molar-refractivity contribution in [2.24, 2.45) is 0 Å². The summed E-state index contributed by atoms with van der Waals surface area (Å²) in [5, 5.41) is 6.03. The largest absolute Gasteiger partial charge is 0.353 e. The first kappa shape index (κ1) is 17.5. The summed E-state index contributed by atoms with van der Waals surface area (Å²) in [5.41, 5.74) is 1.71. The van der Waals surface area contributed by atoms with Crippen LogP contribution in [0.2, 0.25) is 0 Å². The Labute approximate surface area is 131 Å². The van der Waals surface area contributed by atoms with E-state index in [1.807, 2.05) is 24.3 Å². The second kappa shape index (κ2) is 8.64. The summed E-state index contributed by atoms with van der Waals surface area (Å²) in [6.45, 7) is 5.05. The number of nitrogens with zero attached hydrogens (tertiary/aromatic N) is 1. The first-order valence-corrected chi connectivity index (χ1v) is 7.07. The highest BCUT2D eigenvalue weighted by molar-refractivity contribution is 6.00. The van der Waals surface area contributed by atoms with Gasteiger partial charge < -0.3 is 15.5 Å². The van der Waals surface area contributed by atoms with Crippen molar-refractivity contribution in [3.05, 3.63) is 35.4 Å². The van der Waals surface area contributed by atoms with Gasteiger partial charge >= 0.3 is 0 Å². The van der Waals surface area contributed by atoms with Crippen LogP contribution in [0.5, 0.6) is 0 Å². The first-order chi connectivity index (χ1) is 9.72. The summed E-state index contributed by atoms with van der Waals surface area (Å²) in [7, 11) is 0. The number of hydrogen-bond donors (Lipinski definition) is 2. The molecule has 0 aliphatic carbocycles. The first-order valence-electron chi connectivity index (χ1n) is 7.07. The highest BCUT2D eigenvalue weighted by Gasteiger charge is 2.27. The van der Waals surface area contributed by atoms with Gasteiger partial charge in [0.1, 0.15) is 6.54 Å². The zero-order valence-corrected chi connectivity index (χ0v) is 13.0. The molecule has 21 heavy (non-hydrogen) atoms. The standard InChI is InChI=1S/C15H21N3O2.ClH/c1-2-7-16-8-9-17-14(19)11-18-10-12-5-3-4-6-13(12)15(18)20;/h3-6,16H,2,7-11H2,1H3,(H,17,19);1H. The summed E-state index contributed by atoms with van der Waals surface area (Å²) in [6, 6.07) is 7.50. The molecular formula is C15H22ClN3O2. The maximum atomic E-state index is 12.1. The van der Waals surface area contributed by atoms with Crippen LogP contribution in [-0.4, -0.2) is 42.9 Å². The van der Waals surface area contributed by atoms with Gasteiger partial charge in [-0.1, -0.05) is 25.1 Å². The van der Waals surface area contributed by atoms with Crippen LogP contribution in [0.3, 0.4) is 0 Å². The van der Waals surface area contributed by atoms with Crippen LogP contribution in [0.4, 0.5) is 0 Å². The normalized spacial score (nSPS) is 12.8. The van der Waals surface area contributed by atoms with Crippen molar-refractivity contribution >= 4 is 24.2 Å². The number of carbonyl (C=O) groups is 2. The third kappa shape index (κ3) is 4.72. The minimum absolute atomic E-state index is 0. The zero-order chi connectivity index (χ0) is 14.4. The summed E-state index contributed by atoms with van der Waals surface area (Å²) in [6.07, 6.45) is 1.08. The molecule has 0 spiro atoms. The lowest BCUT2D eigenvalue weighted by atomic mass is 10.1. The summed E-state index contributed by atoms with van der Waals surface area (Å²) in [4.78, 5) is 25.5. The van der Waals surface area contributed by atoms with Gasteiger partial charge in [-0.05, 0) is 24.6 Å². The number of carbonyl (C=O) groups excluding carboxylic acids is 2. The topological polar surface area (TPSA) is 61.4 Å². The molecular weight excluding hydrogens is 290 g/mol. The van der Waals surface area contributed by atoms with Gasteiger partial charge in [0, 0.05) is 25.2 Å². The molecule has 2 amide bonds. The van der Waals surface area contributed by atoms with Gasteiger partial charge in [0.15, 0.2) is 0 Å². The van der Waals surface area contributed by atoms with E-state index in [0.29, 0.717) is 18.7 Å². The Hall–Kier alpha value is -1.59. The van der Waals surface area contributed by atoms with Crippen molar-refractivity contribution in [3.8, 4) is 0 Å². The third-order valence-electron chi connectivity index (χ3n) is 3.28. The second-order valence-corrected chi connectivity index (χ2v) is 4.92. The van der Waals surface area contributed by atoms with Gasteiger partial charge in [-0.15, -0.1) is 12.4 Å². The minimum atomic E-state index is -0.107. The van der Waals surface area contributed by atoms with Crippen molar-refractivity contribution in [2.45, 2.75) is 19.9 Å². The molecule has 1 aromatic carbocycles. The number of benzene rings is 1. The third-order valence-corrected chi connectivity index (χ3v) is 3.28. The molecule has 1 heterocycles. The lowest BCUT2D eigenvalue weighted by Crippen LogP contribution is -2.40. The number of nitrogens with one attached hydrogen (secondary N) is 2. The van der Waals surface area contributed by atoms with Crippen LogP contribution < -0.4 is 10.6 Å². The smallest absolute Gasteiger partial charge is 0.254 e. The van der Waals surface area contributed by atoms with E-state index in [1.165, 1.54) is 0 Å². The lowest BCUT2D eigenvalue weighted by Gasteiger charge is -2.15. The predicted octanol–water partition coefficient (Wildman–Crippen LogP) is 1.18. The molecule has 0 aromatic heterocycles. The molecule has 1 aliphatic rings. The molecule has 116 valence electrons. The predicted molar refractivity (Wildman–Crippen MR) is 84.6 cm³/mol. The fourth-order valence-corrected chi connectivity index (χ4v) is 2.26. The zero-order valence-electron chi connectivity index (χ0n) is 12.2.